The van der Waals surface area contributed by atoms with Crippen molar-refractivity contribution in [2.75, 3.05) is 0 Å². The Hall–Kier alpha value is -2.23. The molecule has 25 heavy (non-hydrogen) atoms. The number of aromatic nitrogens is 5. The van der Waals surface area contributed by atoms with Gasteiger partial charge in [0.15, 0.2) is 0 Å². The molecule has 0 amide bonds. The van der Waals surface area contributed by atoms with Gasteiger partial charge in [-0.15, -0.1) is 5.10 Å². The second-order valence-electron chi connectivity index (χ2n) is 5.33. The highest BCUT2D eigenvalue weighted by Crippen LogP contribution is 2.35. The Balaban J connectivity index is 1.83. The second-order valence-corrected chi connectivity index (χ2v) is 6.12. The van der Waals surface area contributed by atoms with Crippen molar-refractivity contribution in [3.05, 3.63) is 34.7 Å². The maximum Gasteiger partial charge on any atom is 0.389 e. The highest BCUT2D eigenvalue weighted by Gasteiger charge is 2.26. The zero-order valence-electron chi connectivity index (χ0n) is 13.1. The molecule has 0 aliphatic carbocycles. The van der Waals surface area contributed by atoms with Crippen LogP contribution < -0.4 is 4.74 Å². The highest BCUT2D eigenvalue weighted by molar-refractivity contribution is 9.10. The average molecular weight is 416 g/mol. The third-order valence-corrected chi connectivity index (χ3v) is 4.23. The Morgan fingerprint density at radius 1 is 1.20 bits per heavy atom. The van der Waals surface area contributed by atoms with E-state index in [0.717, 1.165) is 0 Å². The van der Waals surface area contributed by atoms with Crippen LogP contribution >= 0.6 is 15.9 Å². The molecule has 6 nitrogen and oxygen atoms in total. The SMILES string of the molecule is Cc1nccnc1Oc1ccc2c(nnn2CCCC(F)(F)F)c1Br. The molecule has 0 radical (unpaired) electrons. The zero-order chi connectivity index (χ0) is 18.0. The number of aryl methyl sites for hydroxylation is 2. The Morgan fingerprint density at radius 3 is 2.68 bits per heavy atom. The van der Waals surface area contributed by atoms with Gasteiger partial charge in [-0.1, -0.05) is 5.21 Å². The average Bonchev–Trinajstić information content (AvgIpc) is 2.95. The maximum absolute atomic E-state index is 12.3. The van der Waals surface area contributed by atoms with Crippen molar-refractivity contribution >= 4 is 27.0 Å². The molecule has 2 aromatic heterocycles. The summed E-state index contributed by atoms with van der Waals surface area (Å²) in [6, 6.07) is 3.39. The summed E-state index contributed by atoms with van der Waals surface area (Å²) in [5.74, 6) is 0.832. The van der Waals surface area contributed by atoms with Gasteiger partial charge in [0.05, 0.1) is 15.7 Å². The second kappa shape index (κ2) is 6.95. The van der Waals surface area contributed by atoms with Crippen LogP contribution in [-0.4, -0.2) is 31.1 Å². The summed E-state index contributed by atoms with van der Waals surface area (Å²) in [6.07, 6.45) is -2.01. The Morgan fingerprint density at radius 2 is 1.96 bits per heavy atom. The molecule has 0 bridgehead atoms. The van der Waals surface area contributed by atoms with E-state index in [-0.39, 0.29) is 13.0 Å². The largest absolute Gasteiger partial charge is 0.436 e. The first kappa shape index (κ1) is 17.6. The third-order valence-electron chi connectivity index (χ3n) is 3.46. The van der Waals surface area contributed by atoms with E-state index in [1.54, 1.807) is 25.3 Å². The van der Waals surface area contributed by atoms with Crippen molar-refractivity contribution in [2.45, 2.75) is 32.5 Å². The molecule has 2 heterocycles. The van der Waals surface area contributed by atoms with Crippen LogP contribution in [0.5, 0.6) is 11.6 Å². The normalized spacial score (nSPS) is 11.9. The molecule has 3 aromatic rings. The summed E-state index contributed by atoms with van der Waals surface area (Å²) in [7, 11) is 0. The van der Waals surface area contributed by atoms with Crippen molar-refractivity contribution in [3.63, 3.8) is 0 Å². The van der Waals surface area contributed by atoms with E-state index in [1.807, 2.05) is 0 Å². The summed E-state index contributed by atoms with van der Waals surface area (Å²) in [5, 5.41) is 7.95. The number of fused-ring (bicyclic) bond motifs is 1. The van der Waals surface area contributed by atoms with Crippen molar-refractivity contribution < 1.29 is 17.9 Å². The van der Waals surface area contributed by atoms with Gasteiger partial charge in [0.25, 0.3) is 0 Å². The quantitative estimate of drug-likeness (QED) is 0.616. The summed E-state index contributed by atoms with van der Waals surface area (Å²) in [5.41, 5.74) is 1.76. The fourth-order valence-electron chi connectivity index (χ4n) is 2.26. The lowest BCUT2D eigenvalue weighted by Gasteiger charge is -2.09. The lowest BCUT2D eigenvalue weighted by Crippen LogP contribution is -2.09. The molecule has 1 aromatic carbocycles. The number of halogens is 4. The first-order valence-electron chi connectivity index (χ1n) is 7.39. The van der Waals surface area contributed by atoms with E-state index >= 15 is 0 Å². The predicted molar refractivity (Wildman–Crippen MR) is 87.4 cm³/mol. The van der Waals surface area contributed by atoms with Crippen LogP contribution in [0.1, 0.15) is 18.5 Å². The number of rotatable bonds is 5. The molecule has 10 heteroatoms. The molecule has 3 rings (SSSR count). The first-order valence-corrected chi connectivity index (χ1v) is 8.18. The van der Waals surface area contributed by atoms with Gasteiger partial charge in [0.1, 0.15) is 11.3 Å². The predicted octanol–water partition coefficient (Wildman–Crippen LogP) is 4.43. The minimum absolute atomic E-state index is 0.0589. The number of hydrogen-bond acceptors (Lipinski definition) is 5. The molecule has 0 fully saturated rings. The van der Waals surface area contributed by atoms with E-state index in [2.05, 4.69) is 36.2 Å². The van der Waals surface area contributed by atoms with Crippen LogP contribution in [-0.2, 0) is 6.54 Å². The highest BCUT2D eigenvalue weighted by atomic mass is 79.9. The molecule has 0 spiro atoms. The van der Waals surface area contributed by atoms with Crippen LogP contribution in [0, 0.1) is 6.92 Å². The molecule has 0 atom stereocenters. The molecule has 0 aliphatic heterocycles. The number of hydrogen-bond donors (Lipinski definition) is 0. The molecule has 0 aliphatic rings. The summed E-state index contributed by atoms with van der Waals surface area (Å²) in [6.45, 7) is 1.90. The number of nitrogens with zero attached hydrogens (tertiary/aromatic N) is 5. The minimum atomic E-state index is -4.17. The van der Waals surface area contributed by atoms with Crippen molar-refractivity contribution in [1.29, 1.82) is 0 Å². The van der Waals surface area contributed by atoms with Gasteiger partial charge in [0, 0.05) is 25.4 Å². The number of benzene rings is 1. The zero-order valence-corrected chi connectivity index (χ0v) is 14.7. The van der Waals surface area contributed by atoms with Gasteiger partial charge in [0.2, 0.25) is 5.88 Å². The van der Waals surface area contributed by atoms with E-state index in [4.69, 9.17) is 4.74 Å². The fraction of sp³-hybridized carbons (Fsp3) is 0.333. The van der Waals surface area contributed by atoms with Crippen molar-refractivity contribution in [3.8, 4) is 11.6 Å². The Kier molecular flexibility index (Phi) is 4.89. The van der Waals surface area contributed by atoms with E-state index in [1.165, 1.54) is 10.9 Å². The van der Waals surface area contributed by atoms with Crippen LogP contribution in [0.4, 0.5) is 13.2 Å². The lowest BCUT2D eigenvalue weighted by molar-refractivity contribution is -0.136. The molecule has 0 saturated carbocycles. The molecule has 0 N–H and O–H groups in total. The van der Waals surface area contributed by atoms with Gasteiger partial charge in [-0.25, -0.2) is 9.67 Å². The number of alkyl halides is 3. The van der Waals surface area contributed by atoms with Gasteiger partial charge in [-0.2, -0.15) is 13.2 Å². The Labute approximate surface area is 149 Å². The first-order chi connectivity index (χ1) is 11.8. The third kappa shape index (κ3) is 4.06. The monoisotopic (exact) mass is 415 g/mol. The van der Waals surface area contributed by atoms with Crippen molar-refractivity contribution in [2.24, 2.45) is 0 Å². The molecule has 132 valence electrons. The Bertz CT molecular complexity index is 896. The smallest absolute Gasteiger partial charge is 0.389 e. The van der Waals surface area contributed by atoms with Crippen LogP contribution in [0.2, 0.25) is 0 Å². The summed E-state index contributed by atoms with van der Waals surface area (Å²) < 4.78 is 44.6. The van der Waals surface area contributed by atoms with Crippen LogP contribution in [0.15, 0.2) is 29.0 Å². The van der Waals surface area contributed by atoms with E-state index in [9.17, 15) is 13.2 Å². The van der Waals surface area contributed by atoms with Crippen molar-refractivity contribution in [1.82, 2.24) is 25.0 Å². The molecule has 0 unspecified atom stereocenters. The minimum Gasteiger partial charge on any atom is -0.436 e. The number of ether oxygens (including phenoxy) is 1. The molecular weight excluding hydrogens is 403 g/mol. The fourth-order valence-corrected chi connectivity index (χ4v) is 2.75. The van der Waals surface area contributed by atoms with Gasteiger partial charge in [-0.3, -0.25) is 4.98 Å². The topological polar surface area (TPSA) is 65.7 Å². The lowest BCUT2D eigenvalue weighted by atomic mass is 10.2. The maximum atomic E-state index is 12.3. The summed E-state index contributed by atoms with van der Waals surface area (Å²) in [4.78, 5) is 8.21. The van der Waals surface area contributed by atoms with Crippen LogP contribution in [0.25, 0.3) is 11.0 Å². The van der Waals surface area contributed by atoms with Gasteiger partial charge < -0.3 is 4.74 Å². The van der Waals surface area contributed by atoms with Crippen LogP contribution in [0.3, 0.4) is 0 Å². The molecule has 0 saturated heterocycles. The van der Waals surface area contributed by atoms with Gasteiger partial charge >= 0.3 is 6.18 Å². The molecular formula is C15H13BrF3N5O. The standard InChI is InChI=1S/C15H13BrF3N5O/c1-9-14(21-7-6-20-9)25-11-4-3-10-13(12(11)16)22-23-24(10)8-2-5-15(17,18)19/h3-4,6-7H,2,5,8H2,1H3. The van der Waals surface area contributed by atoms with E-state index in [0.29, 0.717) is 32.8 Å². The van der Waals surface area contributed by atoms with Gasteiger partial charge in [-0.05, 0) is 41.4 Å². The van der Waals surface area contributed by atoms with E-state index < -0.39 is 12.6 Å². The summed E-state index contributed by atoms with van der Waals surface area (Å²) >= 11 is 3.41.